The molecule has 0 spiro atoms. The Bertz CT molecular complexity index is 740. The normalized spacial score (nSPS) is 20.1. The van der Waals surface area contributed by atoms with Gasteiger partial charge in [-0.3, -0.25) is 4.79 Å². The van der Waals surface area contributed by atoms with E-state index in [4.69, 9.17) is 4.74 Å². The maximum atomic E-state index is 11.9. The molecule has 136 valence electrons. The second kappa shape index (κ2) is 7.89. The van der Waals surface area contributed by atoms with E-state index in [1.165, 1.54) is 16.6 Å². The minimum Gasteiger partial charge on any atom is -0.497 e. The molecule has 3 rings (SSSR count). The molecular weight excluding hydrogens is 316 g/mol. The molecule has 1 saturated heterocycles. The number of amides is 1. The van der Waals surface area contributed by atoms with Crippen LogP contribution >= 0.6 is 0 Å². The number of carbonyl (C=O) groups excluding carboxylic acids is 1. The van der Waals surface area contributed by atoms with Crippen LogP contribution in [0.3, 0.4) is 0 Å². The molecule has 25 heavy (non-hydrogen) atoms. The van der Waals surface area contributed by atoms with Crippen molar-refractivity contribution in [3.8, 4) is 5.75 Å². The second-order valence-electron chi connectivity index (χ2n) is 6.54. The number of methoxy groups -OCH3 is 1. The van der Waals surface area contributed by atoms with E-state index in [2.05, 4.69) is 52.8 Å². The van der Waals surface area contributed by atoms with E-state index < -0.39 is 0 Å². The molecule has 6 nitrogen and oxygen atoms in total. The Labute approximate surface area is 148 Å². The van der Waals surface area contributed by atoms with Gasteiger partial charge in [-0.1, -0.05) is 13.3 Å². The van der Waals surface area contributed by atoms with Gasteiger partial charge in [0.1, 0.15) is 5.75 Å². The number of hydrazine groups is 1. The van der Waals surface area contributed by atoms with Crippen molar-refractivity contribution in [2.75, 3.05) is 7.11 Å². The highest BCUT2D eigenvalue weighted by molar-refractivity contribution is 5.83. The summed E-state index contributed by atoms with van der Waals surface area (Å²) in [5.74, 6) is 0.980. The number of carbonyl (C=O) groups is 1. The molecule has 1 aromatic carbocycles. The van der Waals surface area contributed by atoms with E-state index in [0.29, 0.717) is 6.42 Å². The van der Waals surface area contributed by atoms with Crippen LogP contribution in [0.25, 0.3) is 10.9 Å². The monoisotopic (exact) mass is 344 g/mol. The van der Waals surface area contributed by atoms with Gasteiger partial charge in [-0.05, 0) is 31.5 Å². The van der Waals surface area contributed by atoms with Gasteiger partial charge in [-0.25, -0.2) is 10.9 Å². The van der Waals surface area contributed by atoms with Gasteiger partial charge in [-0.15, -0.1) is 0 Å². The van der Waals surface area contributed by atoms with Gasteiger partial charge in [0.25, 0.3) is 0 Å². The number of fused-ring (bicyclic) bond motifs is 1. The van der Waals surface area contributed by atoms with Crippen molar-refractivity contribution in [1.29, 1.82) is 0 Å². The summed E-state index contributed by atoms with van der Waals surface area (Å²) in [5.41, 5.74) is 8.94. The van der Waals surface area contributed by atoms with Crippen molar-refractivity contribution in [2.24, 2.45) is 0 Å². The van der Waals surface area contributed by atoms with E-state index in [0.717, 1.165) is 31.6 Å². The van der Waals surface area contributed by atoms with Crippen molar-refractivity contribution in [2.45, 2.75) is 58.3 Å². The number of benzene rings is 1. The quantitative estimate of drug-likeness (QED) is 0.722. The third kappa shape index (κ3) is 3.80. The van der Waals surface area contributed by atoms with E-state index in [1.54, 1.807) is 7.11 Å². The molecule has 1 aromatic heterocycles. The number of unbranched alkanes of at least 4 members (excludes halogenated alkanes) is 1. The molecule has 0 radical (unpaired) electrons. The predicted octanol–water partition coefficient (Wildman–Crippen LogP) is 2.84. The number of nitrogens with one attached hydrogen (secondary N) is 3. The minimum atomic E-state index is -0.0350. The highest BCUT2D eigenvalue weighted by Crippen LogP contribution is 2.30. The van der Waals surface area contributed by atoms with Gasteiger partial charge in [0.2, 0.25) is 5.91 Å². The van der Waals surface area contributed by atoms with Gasteiger partial charge in [0.15, 0.2) is 0 Å². The van der Waals surface area contributed by atoms with Crippen LogP contribution in [0.2, 0.25) is 0 Å². The molecule has 2 unspecified atom stereocenters. The number of nitrogens with zero attached hydrogens (tertiary/aromatic N) is 1. The Kier molecular flexibility index (Phi) is 5.60. The lowest BCUT2D eigenvalue weighted by Gasteiger charge is -2.14. The zero-order valence-corrected chi connectivity index (χ0v) is 15.3. The van der Waals surface area contributed by atoms with E-state index >= 15 is 0 Å². The fourth-order valence-electron chi connectivity index (χ4n) is 3.47. The first-order chi connectivity index (χ1) is 12.2. The lowest BCUT2D eigenvalue weighted by atomic mass is 10.1. The summed E-state index contributed by atoms with van der Waals surface area (Å²) >= 11 is 0. The van der Waals surface area contributed by atoms with Crippen LogP contribution in [0.15, 0.2) is 24.3 Å². The van der Waals surface area contributed by atoms with Crippen LogP contribution in [0, 0.1) is 0 Å². The first-order valence-electron chi connectivity index (χ1n) is 9.13. The smallest absolute Gasteiger partial charge is 0.221 e. The van der Waals surface area contributed by atoms with E-state index in [1.807, 2.05) is 6.07 Å². The van der Waals surface area contributed by atoms with Gasteiger partial charge in [-0.2, -0.15) is 0 Å². The fraction of sp³-hybridized carbons (Fsp3) is 0.526. The topological polar surface area (TPSA) is 67.3 Å². The molecule has 0 saturated carbocycles. The molecular formula is C19H28N4O2. The Morgan fingerprint density at radius 3 is 2.88 bits per heavy atom. The van der Waals surface area contributed by atoms with Crippen LogP contribution in [0.1, 0.15) is 51.3 Å². The number of aryl methyl sites for hydroxylation is 1. The zero-order chi connectivity index (χ0) is 17.8. The summed E-state index contributed by atoms with van der Waals surface area (Å²) in [6.45, 7) is 5.13. The maximum Gasteiger partial charge on any atom is 0.221 e. The van der Waals surface area contributed by atoms with Gasteiger partial charge in [0, 0.05) is 36.5 Å². The van der Waals surface area contributed by atoms with Crippen LogP contribution in [-0.4, -0.2) is 23.7 Å². The highest BCUT2D eigenvalue weighted by Gasteiger charge is 2.28. The van der Waals surface area contributed by atoms with Crippen LogP contribution in [-0.2, 0) is 11.3 Å². The number of aromatic nitrogens is 1. The average molecular weight is 344 g/mol. The second-order valence-corrected chi connectivity index (χ2v) is 6.54. The lowest BCUT2D eigenvalue weighted by molar-refractivity contribution is -0.122. The molecule has 6 heteroatoms. The summed E-state index contributed by atoms with van der Waals surface area (Å²) < 4.78 is 7.66. The number of ether oxygens (including phenoxy) is 1. The Hall–Kier alpha value is -2.05. The summed E-state index contributed by atoms with van der Waals surface area (Å²) in [4.78, 5) is 11.9. The summed E-state index contributed by atoms with van der Waals surface area (Å²) in [6, 6.07) is 8.54. The van der Waals surface area contributed by atoms with Crippen molar-refractivity contribution in [3.63, 3.8) is 0 Å². The average Bonchev–Trinajstić information content (AvgIpc) is 3.22. The molecule has 2 atom stereocenters. The number of hydrogen-bond acceptors (Lipinski definition) is 4. The van der Waals surface area contributed by atoms with Gasteiger partial charge >= 0.3 is 0 Å². The Morgan fingerprint density at radius 1 is 1.32 bits per heavy atom. The predicted molar refractivity (Wildman–Crippen MR) is 99.2 cm³/mol. The molecule has 3 N–H and O–H groups in total. The number of rotatable bonds is 7. The molecule has 1 fully saturated rings. The van der Waals surface area contributed by atoms with Gasteiger partial charge in [0.05, 0.1) is 24.8 Å². The first kappa shape index (κ1) is 17.8. The summed E-state index contributed by atoms with van der Waals surface area (Å²) in [7, 11) is 1.69. The standard InChI is InChI=1S/C19H28N4O2/c1-4-6-7-19(24)20-18-12-15(21-22-18)17-10-13-8-9-14(25-3)11-16(13)23(17)5-2/h8-11,15,18,21-22H,4-7,12H2,1-3H3,(H,20,24). The zero-order valence-electron chi connectivity index (χ0n) is 15.3. The van der Waals surface area contributed by atoms with Crippen LogP contribution < -0.4 is 20.9 Å². The molecule has 1 amide bonds. The molecule has 2 aromatic rings. The highest BCUT2D eigenvalue weighted by atomic mass is 16.5. The van der Waals surface area contributed by atoms with Crippen LogP contribution in [0.4, 0.5) is 0 Å². The van der Waals surface area contributed by atoms with Crippen molar-refractivity contribution >= 4 is 16.8 Å². The Balaban J connectivity index is 1.75. The van der Waals surface area contributed by atoms with E-state index in [9.17, 15) is 4.79 Å². The fourth-order valence-corrected chi connectivity index (χ4v) is 3.47. The van der Waals surface area contributed by atoms with Crippen molar-refractivity contribution in [3.05, 3.63) is 30.0 Å². The minimum absolute atomic E-state index is 0.0350. The number of hydrogen-bond donors (Lipinski definition) is 3. The largest absolute Gasteiger partial charge is 0.497 e. The molecule has 0 aliphatic carbocycles. The third-order valence-electron chi connectivity index (χ3n) is 4.81. The first-order valence-corrected chi connectivity index (χ1v) is 9.13. The third-order valence-corrected chi connectivity index (χ3v) is 4.81. The molecule has 2 heterocycles. The molecule has 1 aliphatic rings. The van der Waals surface area contributed by atoms with Gasteiger partial charge < -0.3 is 14.6 Å². The van der Waals surface area contributed by atoms with Crippen molar-refractivity contribution < 1.29 is 9.53 Å². The van der Waals surface area contributed by atoms with Crippen molar-refractivity contribution in [1.82, 2.24) is 20.7 Å². The Morgan fingerprint density at radius 2 is 2.16 bits per heavy atom. The molecule has 1 aliphatic heterocycles. The summed E-state index contributed by atoms with van der Waals surface area (Å²) in [6.07, 6.45) is 3.35. The lowest BCUT2D eigenvalue weighted by Crippen LogP contribution is -2.44. The maximum absolute atomic E-state index is 11.9. The molecule has 0 bridgehead atoms. The summed E-state index contributed by atoms with van der Waals surface area (Å²) in [5, 5.41) is 4.26. The SMILES string of the molecule is CCCCC(=O)NC1CC(c2cc3ccc(OC)cc3n2CC)NN1. The van der Waals surface area contributed by atoms with Crippen LogP contribution in [0.5, 0.6) is 5.75 Å². The van der Waals surface area contributed by atoms with E-state index in [-0.39, 0.29) is 18.1 Å².